The molecule has 0 unspecified atom stereocenters. The van der Waals surface area contributed by atoms with Crippen molar-refractivity contribution in [1.82, 2.24) is 4.90 Å². The predicted octanol–water partition coefficient (Wildman–Crippen LogP) is 2.99. The Balaban J connectivity index is 2.14. The summed E-state index contributed by atoms with van der Waals surface area (Å²) in [4.78, 5) is 27.2. The molecule has 0 aromatic heterocycles. The molecule has 1 fully saturated rings. The van der Waals surface area contributed by atoms with Gasteiger partial charge in [0.2, 0.25) is 5.91 Å². The molecule has 0 spiro atoms. The summed E-state index contributed by atoms with van der Waals surface area (Å²) in [6, 6.07) is 13.5. The lowest BCUT2D eigenvalue weighted by atomic mass is 9.85. The van der Waals surface area contributed by atoms with Crippen LogP contribution in [0.15, 0.2) is 42.5 Å². The number of hydrogen-bond donors (Lipinski definition) is 1. The summed E-state index contributed by atoms with van der Waals surface area (Å²) in [5, 5.41) is 11.4. The molecule has 0 bridgehead atoms. The smallest absolute Gasteiger partial charge is 0.337 e. The predicted molar refractivity (Wildman–Crippen MR) is 99.5 cm³/mol. The van der Waals surface area contributed by atoms with Gasteiger partial charge in [-0.05, 0) is 56.0 Å². The Hall–Kier alpha value is -2.40. The van der Waals surface area contributed by atoms with E-state index in [1.807, 2.05) is 42.5 Å². The second-order valence-electron chi connectivity index (χ2n) is 7.38. The molecule has 0 saturated carbocycles. The third-order valence-corrected chi connectivity index (χ3v) is 4.75. The Labute approximate surface area is 155 Å². The van der Waals surface area contributed by atoms with E-state index in [1.54, 1.807) is 13.8 Å². The fourth-order valence-electron chi connectivity index (χ4n) is 3.65. The van der Waals surface area contributed by atoms with E-state index < -0.39 is 29.6 Å². The van der Waals surface area contributed by atoms with Crippen molar-refractivity contribution >= 4 is 22.6 Å². The quantitative estimate of drug-likeness (QED) is 0.859. The van der Waals surface area contributed by atoms with Crippen LogP contribution in [0.25, 0.3) is 10.8 Å². The van der Waals surface area contributed by atoms with Crippen LogP contribution in [-0.2, 0) is 19.9 Å². The van der Waals surface area contributed by atoms with Gasteiger partial charge in [0.15, 0.2) is 5.54 Å². The molecule has 2 aromatic rings. The lowest BCUT2D eigenvalue weighted by molar-refractivity contribution is -0.173. The van der Waals surface area contributed by atoms with Crippen LogP contribution in [-0.4, -0.2) is 40.6 Å². The number of fused-ring (bicyclic) bond motifs is 1. The van der Waals surface area contributed by atoms with Crippen molar-refractivity contribution < 1.29 is 20.8 Å². The first-order valence-corrected chi connectivity index (χ1v) is 8.77. The van der Waals surface area contributed by atoms with Crippen molar-refractivity contribution in [3.63, 3.8) is 0 Å². The van der Waals surface area contributed by atoms with Crippen molar-refractivity contribution in [2.45, 2.75) is 44.7 Å². The number of rotatable bonds is 3. The van der Waals surface area contributed by atoms with Crippen LogP contribution in [0.3, 0.4) is 0 Å². The van der Waals surface area contributed by atoms with Crippen LogP contribution in [0.1, 0.15) is 40.5 Å². The molecule has 5 nitrogen and oxygen atoms in total. The van der Waals surface area contributed by atoms with Gasteiger partial charge in [0.05, 0.1) is 0 Å². The summed E-state index contributed by atoms with van der Waals surface area (Å²) in [6.07, 6.45) is 1.05. The summed E-state index contributed by atoms with van der Waals surface area (Å²) in [6.45, 7) is 2.99. The molecule has 3 rings (SSSR count). The van der Waals surface area contributed by atoms with Crippen molar-refractivity contribution in [3.8, 4) is 0 Å². The normalized spacial score (nSPS) is 20.9. The number of ether oxygens (including phenoxy) is 1. The van der Waals surface area contributed by atoms with Gasteiger partial charge in [-0.15, -0.1) is 0 Å². The van der Waals surface area contributed by atoms with E-state index in [9.17, 15) is 14.7 Å². The molecule has 1 atom stereocenters. The molecular weight excluding hydrogens is 330 g/mol. The number of aliphatic hydroxyl groups is 1. The average Bonchev–Trinajstić information content (AvgIpc) is 3.13. The number of nitrogens with zero attached hydrogens (tertiary/aromatic N) is 1. The van der Waals surface area contributed by atoms with E-state index in [0.29, 0.717) is 24.9 Å². The molecule has 138 valence electrons. The highest BCUT2D eigenvalue weighted by atomic mass is 16.6. The average molecular weight is 356 g/mol. The van der Waals surface area contributed by atoms with E-state index >= 15 is 0 Å². The van der Waals surface area contributed by atoms with Gasteiger partial charge in [0.25, 0.3) is 0 Å². The van der Waals surface area contributed by atoms with Crippen LogP contribution in [0, 0.1) is 0 Å². The van der Waals surface area contributed by atoms with Gasteiger partial charge < -0.3 is 14.7 Å². The number of likely N-dealkylation sites (tertiary alicyclic amines) is 1. The third kappa shape index (κ3) is 3.19. The SMILES string of the molecule is [2H]CC(C)(C)OC(=O)[C@]1(c2ccc3ccccc3c2)CCCN1C(=O)CO. The van der Waals surface area contributed by atoms with E-state index in [2.05, 4.69) is 0 Å². The Morgan fingerprint density at radius 3 is 2.69 bits per heavy atom. The lowest BCUT2D eigenvalue weighted by Crippen LogP contribution is -2.53. The first-order chi connectivity index (χ1) is 12.8. The standard InChI is InChI=1S/C21H25NO4/c1-20(2,3)26-19(25)21(11-6-12-22(21)18(24)14-23)17-10-9-15-7-4-5-8-16(15)13-17/h4-5,7-10,13,23H,6,11-12,14H2,1-3H3/t21-/m1/s1/i1D. The molecule has 1 aliphatic heterocycles. The summed E-state index contributed by atoms with van der Waals surface area (Å²) in [5.74, 6) is -1.05. The topological polar surface area (TPSA) is 66.8 Å². The first kappa shape index (κ1) is 17.0. The molecule has 0 radical (unpaired) electrons. The molecule has 1 amide bonds. The second kappa shape index (κ2) is 6.72. The number of amides is 1. The minimum Gasteiger partial charge on any atom is -0.458 e. The molecule has 5 heteroatoms. The van der Waals surface area contributed by atoms with Gasteiger partial charge in [0, 0.05) is 7.92 Å². The monoisotopic (exact) mass is 356 g/mol. The number of carbonyl (C=O) groups excluding carboxylic acids is 2. The fourth-order valence-corrected chi connectivity index (χ4v) is 3.65. The Morgan fingerprint density at radius 1 is 1.27 bits per heavy atom. The van der Waals surface area contributed by atoms with Gasteiger partial charge in [-0.25, -0.2) is 4.79 Å². The zero-order valence-electron chi connectivity index (χ0n) is 16.2. The number of benzene rings is 2. The lowest BCUT2D eigenvalue weighted by Gasteiger charge is -2.38. The molecule has 1 heterocycles. The number of aliphatic hydroxyl groups excluding tert-OH is 1. The molecule has 26 heavy (non-hydrogen) atoms. The second-order valence-corrected chi connectivity index (χ2v) is 7.38. The van der Waals surface area contributed by atoms with E-state index in [1.165, 1.54) is 4.90 Å². The van der Waals surface area contributed by atoms with E-state index in [-0.39, 0.29) is 6.90 Å². The van der Waals surface area contributed by atoms with Gasteiger partial charge in [-0.1, -0.05) is 36.4 Å². The fraction of sp³-hybridized carbons (Fsp3) is 0.429. The molecule has 0 aliphatic carbocycles. The molecule has 1 saturated heterocycles. The van der Waals surface area contributed by atoms with Crippen LogP contribution < -0.4 is 0 Å². The summed E-state index contributed by atoms with van der Waals surface area (Å²) in [5.41, 5.74) is -1.57. The summed E-state index contributed by atoms with van der Waals surface area (Å²) >= 11 is 0. The number of carbonyl (C=O) groups is 2. The molecule has 1 N–H and O–H groups in total. The maximum absolute atomic E-state index is 13.3. The Bertz CT molecular complexity index is 866. The van der Waals surface area contributed by atoms with Crippen LogP contribution in [0.5, 0.6) is 0 Å². The van der Waals surface area contributed by atoms with Crippen LogP contribution in [0.2, 0.25) is 0 Å². The number of hydrogen-bond acceptors (Lipinski definition) is 4. The maximum Gasteiger partial charge on any atom is 0.337 e. The highest BCUT2D eigenvalue weighted by molar-refractivity contribution is 5.92. The molecular formula is C21H25NO4. The van der Waals surface area contributed by atoms with Crippen molar-refractivity contribution in [2.24, 2.45) is 0 Å². The maximum atomic E-state index is 13.3. The van der Waals surface area contributed by atoms with Crippen LogP contribution >= 0.6 is 0 Å². The minimum absolute atomic E-state index is 0.0829. The Morgan fingerprint density at radius 2 is 2.00 bits per heavy atom. The van der Waals surface area contributed by atoms with E-state index in [0.717, 1.165) is 10.8 Å². The zero-order valence-corrected chi connectivity index (χ0v) is 15.2. The highest BCUT2D eigenvalue weighted by Gasteiger charge is 2.53. The summed E-state index contributed by atoms with van der Waals surface area (Å²) < 4.78 is 13.3. The first-order valence-electron chi connectivity index (χ1n) is 9.48. The summed E-state index contributed by atoms with van der Waals surface area (Å²) in [7, 11) is 0. The largest absolute Gasteiger partial charge is 0.458 e. The van der Waals surface area contributed by atoms with Crippen molar-refractivity contribution in [3.05, 3.63) is 48.0 Å². The van der Waals surface area contributed by atoms with Gasteiger partial charge in [-0.2, -0.15) is 0 Å². The number of esters is 1. The van der Waals surface area contributed by atoms with Gasteiger partial charge >= 0.3 is 5.97 Å². The molecule has 1 aliphatic rings. The van der Waals surface area contributed by atoms with Gasteiger partial charge in [0.1, 0.15) is 12.2 Å². The van der Waals surface area contributed by atoms with Crippen LogP contribution in [0.4, 0.5) is 0 Å². The van der Waals surface area contributed by atoms with E-state index in [4.69, 9.17) is 6.11 Å². The highest BCUT2D eigenvalue weighted by Crippen LogP contribution is 2.42. The van der Waals surface area contributed by atoms with Crippen molar-refractivity contribution in [1.29, 1.82) is 0 Å². The molecule has 2 aromatic carbocycles. The Kier molecular flexibility index (Phi) is 4.41. The zero-order chi connectivity index (χ0) is 19.7. The van der Waals surface area contributed by atoms with Gasteiger partial charge in [-0.3, -0.25) is 4.79 Å². The van der Waals surface area contributed by atoms with Crippen molar-refractivity contribution in [2.75, 3.05) is 13.2 Å². The minimum atomic E-state index is -1.28. The third-order valence-electron chi connectivity index (χ3n) is 4.75.